The van der Waals surface area contributed by atoms with Gasteiger partial charge in [-0.05, 0) is 25.2 Å². The molecule has 0 spiro atoms. The Bertz CT molecular complexity index is 791. The molecular formula is C27H53N3O13. The number of aliphatic hydroxyl groups is 9. The molecule has 3 amide bonds. The second kappa shape index (κ2) is 22.5. The molecule has 12 N–H and O–H groups in total. The second-order valence-corrected chi connectivity index (χ2v) is 11.1. The zero-order valence-corrected chi connectivity index (χ0v) is 25.2. The second-order valence-electron chi connectivity index (χ2n) is 11.1. The van der Waals surface area contributed by atoms with Crippen molar-refractivity contribution in [1.82, 2.24) is 16.0 Å². The highest BCUT2D eigenvalue weighted by Gasteiger charge is 2.31. The molecule has 0 bridgehead atoms. The van der Waals surface area contributed by atoms with E-state index in [0.29, 0.717) is 25.6 Å². The quantitative estimate of drug-likeness (QED) is 0.0450. The number of ether oxygens (including phenoxy) is 1. The van der Waals surface area contributed by atoms with Gasteiger partial charge in [-0.25, -0.2) is 0 Å². The van der Waals surface area contributed by atoms with Crippen LogP contribution in [0.25, 0.3) is 0 Å². The van der Waals surface area contributed by atoms with Crippen molar-refractivity contribution < 1.29 is 65.1 Å². The van der Waals surface area contributed by atoms with Crippen LogP contribution in [-0.4, -0.2) is 152 Å². The van der Waals surface area contributed by atoms with Crippen molar-refractivity contribution in [2.24, 2.45) is 11.8 Å². The number of nitrogens with one attached hydrogen (secondary N) is 3. The van der Waals surface area contributed by atoms with Crippen molar-refractivity contribution in [3.05, 3.63) is 0 Å². The molecule has 0 aliphatic carbocycles. The summed E-state index contributed by atoms with van der Waals surface area (Å²) in [5.41, 5.74) is 0. The van der Waals surface area contributed by atoms with Crippen LogP contribution < -0.4 is 16.0 Å². The summed E-state index contributed by atoms with van der Waals surface area (Å²) in [7, 11) is 0. The molecule has 0 radical (unpaired) electrons. The van der Waals surface area contributed by atoms with Crippen LogP contribution in [-0.2, 0) is 19.1 Å². The summed E-state index contributed by atoms with van der Waals surface area (Å²) < 4.78 is 5.48. The monoisotopic (exact) mass is 627 g/mol. The molecule has 0 aromatic carbocycles. The summed E-state index contributed by atoms with van der Waals surface area (Å²) in [6.07, 6.45) is -10.7. The number of carbonyl (C=O) groups excluding carboxylic acids is 3. The molecular weight excluding hydrogens is 574 g/mol. The summed E-state index contributed by atoms with van der Waals surface area (Å²) >= 11 is 0. The third-order valence-corrected chi connectivity index (χ3v) is 6.89. The van der Waals surface area contributed by atoms with Gasteiger partial charge >= 0.3 is 0 Å². The smallest absolute Gasteiger partial charge is 0.242 e. The predicted octanol–water partition coefficient (Wildman–Crippen LogP) is -4.53. The predicted molar refractivity (Wildman–Crippen MR) is 152 cm³/mol. The van der Waals surface area contributed by atoms with Gasteiger partial charge in [-0.3, -0.25) is 14.4 Å². The highest BCUT2D eigenvalue weighted by molar-refractivity contribution is 5.88. The van der Waals surface area contributed by atoms with Gasteiger partial charge in [-0.15, -0.1) is 0 Å². The highest BCUT2D eigenvalue weighted by atomic mass is 16.5. The first-order chi connectivity index (χ1) is 20.2. The molecule has 0 fully saturated rings. The first-order valence-corrected chi connectivity index (χ1v) is 14.6. The van der Waals surface area contributed by atoms with Gasteiger partial charge in [0.15, 0.2) is 0 Å². The molecule has 0 aromatic heterocycles. The highest BCUT2D eigenvalue weighted by Crippen LogP contribution is 2.12. The van der Waals surface area contributed by atoms with E-state index < -0.39 is 92.2 Å². The first-order valence-electron chi connectivity index (χ1n) is 14.6. The van der Waals surface area contributed by atoms with E-state index in [1.54, 1.807) is 0 Å². The molecule has 0 saturated heterocycles. The summed E-state index contributed by atoms with van der Waals surface area (Å²) in [6.45, 7) is 3.92. The molecule has 9 atom stereocenters. The maximum absolute atomic E-state index is 12.9. The van der Waals surface area contributed by atoms with Crippen LogP contribution in [0.1, 0.15) is 52.9 Å². The van der Waals surface area contributed by atoms with Crippen LogP contribution in [0, 0.1) is 11.8 Å². The molecule has 16 heteroatoms. The lowest BCUT2D eigenvalue weighted by atomic mass is 9.94. The van der Waals surface area contributed by atoms with E-state index in [4.69, 9.17) is 14.9 Å². The number of carbonyl (C=O) groups is 3. The van der Waals surface area contributed by atoms with Crippen LogP contribution in [0.2, 0.25) is 0 Å². The van der Waals surface area contributed by atoms with E-state index in [9.17, 15) is 50.1 Å². The molecule has 0 heterocycles. The van der Waals surface area contributed by atoms with Gasteiger partial charge in [-0.1, -0.05) is 20.8 Å². The Morgan fingerprint density at radius 1 is 0.651 bits per heavy atom. The Balaban J connectivity index is 5.09. The number of hydrogen-bond acceptors (Lipinski definition) is 13. The van der Waals surface area contributed by atoms with E-state index in [1.165, 1.54) is 6.92 Å². The SMILES string of the molecule is CC(C)CCOCCCC(=O)N[C@@H](CCC(=O)NC[C@H](O)[C@@H](O)[C@H](O)[C@H](O)CO)C(=O)NC[C@H](O)[C@@H](C)[C@H](O)[C@H](O)CO. The lowest BCUT2D eigenvalue weighted by Gasteiger charge is -2.27. The average Bonchev–Trinajstić information content (AvgIpc) is 2.99. The minimum atomic E-state index is -1.87. The van der Waals surface area contributed by atoms with Gasteiger partial charge in [-0.2, -0.15) is 0 Å². The third kappa shape index (κ3) is 17.2. The number of amides is 3. The van der Waals surface area contributed by atoms with Gasteiger partial charge in [0.05, 0.1) is 31.5 Å². The fourth-order valence-corrected chi connectivity index (χ4v) is 3.76. The first kappa shape index (κ1) is 41.0. The van der Waals surface area contributed by atoms with E-state index in [2.05, 4.69) is 29.8 Å². The minimum absolute atomic E-state index is 0.0364. The number of rotatable bonds is 24. The van der Waals surface area contributed by atoms with Crippen LogP contribution in [0.5, 0.6) is 0 Å². The van der Waals surface area contributed by atoms with Crippen molar-refractivity contribution in [3.63, 3.8) is 0 Å². The van der Waals surface area contributed by atoms with E-state index in [-0.39, 0.29) is 25.8 Å². The lowest BCUT2D eigenvalue weighted by molar-refractivity contribution is -0.131. The fourth-order valence-electron chi connectivity index (χ4n) is 3.76. The molecule has 16 nitrogen and oxygen atoms in total. The minimum Gasteiger partial charge on any atom is -0.394 e. The van der Waals surface area contributed by atoms with Gasteiger partial charge in [0.1, 0.15) is 30.5 Å². The van der Waals surface area contributed by atoms with Crippen molar-refractivity contribution in [1.29, 1.82) is 0 Å². The maximum atomic E-state index is 12.9. The topological polar surface area (TPSA) is 279 Å². The van der Waals surface area contributed by atoms with Gasteiger partial charge in [0.2, 0.25) is 17.7 Å². The molecule has 0 saturated carbocycles. The van der Waals surface area contributed by atoms with E-state index in [0.717, 1.165) is 6.42 Å². The molecule has 0 unspecified atom stereocenters. The third-order valence-electron chi connectivity index (χ3n) is 6.89. The number of aliphatic hydroxyl groups excluding tert-OH is 9. The fraction of sp³-hybridized carbons (Fsp3) is 0.889. The molecule has 0 aliphatic rings. The molecule has 43 heavy (non-hydrogen) atoms. The van der Waals surface area contributed by atoms with Crippen LogP contribution in [0.4, 0.5) is 0 Å². The van der Waals surface area contributed by atoms with Gasteiger partial charge in [0, 0.05) is 45.1 Å². The molecule has 0 aliphatic heterocycles. The van der Waals surface area contributed by atoms with Crippen LogP contribution in [0.3, 0.4) is 0 Å². The van der Waals surface area contributed by atoms with E-state index >= 15 is 0 Å². The van der Waals surface area contributed by atoms with Crippen molar-refractivity contribution in [2.75, 3.05) is 39.5 Å². The Hall–Kier alpha value is -1.99. The maximum Gasteiger partial charge on any atom is 0.242 e. The molecule has 0 rings (SSSR count). The normalized spacial score (nSPS) is 18.1. The van der Waals surface area contributed by atoms with Crippen LogP contribution >= 0.6 is 0 Å². The Kier molecular flexibility index (Phi) is 21.5. The standard InChI is InChI=1S/C27H53N3O13/c1-15(2)8-10-43-9-4-5-23(38)30-17(27(42)29-11-18(33)16(3)24(39)20(35)13-31)6-7-22(37)28-12-19(34)25(40)26(41)21(36)14-32/h15-21,24-26,31-36,39-41H,4-14H2,1-3H3,(H,28,37)(H,29,42)(H,30,38)/t16-,17+,18+,19+,20-,21-,24+,25-,26-/m1/s1. The zero-order valence-electron chi connectivity index (χ0n) is 25.2. The summed E-state index contributed by atoms with van der Waals surface area (Å²) in [5, 5.41) is 93.9. The van der Waals surface area contributed by atoms with Crippen molar-refractivity contribution in [3.8, 4) is 0 Å². The molecule has 254 valence electrons. The zero-order chi connectivity index (χ0) is 33.1. The Morgan fingerprint density at radius 3 is 1.79 bits per heavy atom. The lowest BCUT2D eigenvalue weighted by Crippen LogP contribution is -2.51. The van der Waals surface area contributed by atoms with Crippen molar-refractivity contribution in [2.45, 2.75) is 102 Å². The molecule has 0 aromatic rings. The summed E-state index contributed by atoms with van der Waals surface area (Å²) in [6, 6.07) is -1.22. The van der Waals surface area contributed by atoms with Crippen LogP contribution in [0.15, 0.2) is 0 Å². The number of hydrogen-bond donors (Lipinski definition) is 12. The average molecular weight is 628 g/mol. The Labute approximate surface area is 252 Å². The van der Waals surface area contributed by atoms with Gasteiger partial charge < -0.3 is 66.6 Å². The summed E-state index contributed by atoms with van der Waals surface area (Å²) in [5.74, 6) is -2.37. The van der Waals surface area contributed by atoms with E-state index in [1.807, 2.05) is 0 Å². The van der Waals surface area contributed by atoms with Gasteiger partial charge in [0.25, 0.3) is 0 Å². The van der Waals surface area contributed by atoms with Crippen molar-refractivity contribution >= 4 is 17.7 Å². The Morgan fingerprint density at radius 2 is 1.21 bits per heavy atom. The summed E-state index contributed by atoms with van der Waals surface area (Å²) in [4.78, 5) is 37.8. The largest absolute Gasteiger partial charge is 0.394 e.